The smallest absolute Gasteiger partial charge is 0.263 e. The first kappa shape index (κ1) is 22.6. The second-order valence-electron chi connectivity index (χ2n) is 8.32. The summed E-state index contributed by atoms with van der Waals surface area (Å²) in [4.78, 5) is 12.7. The molecule has 4 nitrogen and oxygen atoms in total. The Morgan fingerprint density at radius 3 is 2.39 bits per heavy atom. The highest BCUT2D eigenvalue weighted by Gasteiger charge is 2.16. The van der Waals surface area contributed by atoms with Crippen molar-refractivity contribution in [3.8, 4) is 6.07 Å². The van der Waals surface area contributed by atoms with E-state index in [1.165, 1.54) is 35.1 Å². The number of hydrogen-bond acceptors (Lipinski definition) is 3. The highest BCUT2D eigenvalue weighted by molar-refractivity contribution is 5.97. The number of amides is 1. The summed E-state index contributed by atoms with van der Waals surface area (Å²) in [6.07, 6.45) is 8.24. The fraction of sp³-hybridized carbons (Fsp3) is 0.407. The molecule has 0 aromatic heterocycles. The van der Waals surface area contributed by atoms with Crippen LogP contribution < -0.4 is 10.6 Å². The number of carbonyl (C=O) groups excluding carboxylic acids is 1. The van der Waals surface area contributed by atoms with E-state index < -0.39 is 0 Å². The Morgan fingerprint density at radius 1 is 1.06 bits per heavy atom. The molecule has 2 aromatic rings. The Labute approximate surface area is 186 Å². The van der Waals surface area contributed by atoms with Crippen LogP contribution in [-0.2, 0) is 24.1 Å². The number of carbonyl (C=O) groups is 1. The highest BCUT2D eigenvalue weighted by Crippen LogP contribution is 2.26. The summed E-state index contributed by atoms with van der Waals surface area (Å²) in [7, 11) is 0. The van der Waals surface area contributed by atoms with Gasteiger partial charge in [0.2, 0.25) is 0 Å². The zero-order valence-corrected chi connectivity index (χ0v) is 18.9. The molecule has 2 atom stereocenters. The van der Waals surface area contributed by atoms with Gasteiger partial charge in [0, 0.05) is 6.20 Å². The molecule has 0 saturated carbocycles. The van der Waals surface area contributed by atoms with E-state index in [9.17, 15) is 10.1 Å². The number of nitrogens with one attached hydrogen (secondary N) is 2. The third kappa shape index (κ3) is 5.76. The summed E-state index contributed by atoms with van der Waals surface area (Å²) >= 11 is 0. The van der Waals surface area contributed by atoms with Crippen molar-refractivity contribution >= 4 is 5.91 Å². The molecule has 0 spiro atoms. The molecule has 2 aromatic carbocycles. The lowest BCUT2D eigenvalue weighted by Gasteiger charge is -2.21. The van der Waals surface area contributed by atoms with Crippen LogP contribution in [0.5, 0.6) is 0 Å². The number of nitriles is 1. The van der Waals surface area contributed by atoms with E-state index >= 15 is 0 Å². The molecule has 1 amide bonds. The van der Waals surface area contributed by atoms with Gasteiger partial charge in [-0.25, -0.2) is 0 Å². The van der Waals surface area contributed by atoms with E-state index in [1.807, 2.05) is 25.1 Å². The Kier molecular flexibility index (Phi) is 7.89. The molecule has 1 aliphatic rings. The summed E-state index contributed by atoms with van der Waals surface area (Å²) in [5, 5.41) is 15.8. The molecule has 0 heterocycles. The van der Waals surface area contributed by atoms with Crippen molar-refractivity contribution in [2.75, 3.05) is 0 Å². The summed E-state index contributed by atoms with van der Waals surface area (Å²) in [6.45, 7) is 6.16. The number of rotatable bonds is 8. The molecule has 31 heavy (non-hydrogen) atoms. The molecule has 162 valence electrons. The lowest BCUT2D eigenvalue weighted by Crippen LogP contribution is -2.29. The number of nitrogens with zero attached hydrogens (tertiary/aromatic N) is 1. The summed E-state index contributed by atoms with van der Waals surface area (Å²) in [5.41, 5.74) is 6.48. The van der Waals surface area contributed by atoms with Crippen molar-refractivity contribution < 1.29 is 4.79 Å². The third-order valence-corrected chi connectivity index (χ3v) is 6.21. The largest absolute Gasteiger partial charge is 0.383 e. The van der Waals surface area contributed by atoms with Crippen LogP contribution in [0.2, 0.25) is 0 Å². The molecule has 4 heteroatoms. The predicted octanol–water partition coefficient (Wildman–Crippen LogP) is 5.45. The summed E-state index contributed by atoms with van der Waals surface area (Å²) in [5.74, 6) is -0.359. The van der Waals surface area contributed by atoms with Crippen LogP contribution in [0, 0.1) is 11.3 Å². The van der Waals surface area contributed by atoms with Gasteiger partial charge >= 0.3 is 0 Å². The Balaban J connectivity index is 1.66. The highest BCUT2D eigenvalue weighted by atomic mass is 16.1. The third-order valence-electron chi connectivity index (χ3n) is 6.21. The molecular weight excluding hydrogens is 382 g/mol. The average Bonchev–Trinajstić information content (AvgIpc) is 2.81. The van der Waals surface area contributed by atoms with Crippen LogP contribution in [0.4, 0.5) is 0 Å². The normalized spacial score (nSPS) is 15.4. The predicted molar refractivity (Wildman–Crippen MR) is 125 cm³/mol. The molecule has 2 N–H and O–H groups in total. The lowest BCUT2D eigenvalue weighted by atomic mass is 9.89. The van der Waals surface area contributed by atoms with Crippen LogP contribution in [0.3, 0.4) is 0 Å². The summed E-state index contributed by atoms with van der Waals surface area (Å²) in [6, 6.07) is 16.9. The van der Waals surface area contributed by atoms with Crippen LogP contribution >= 0.6 is 0 Å². The van der Waals surface area contributed by atoms with Gasteiger partial charge < -0.3 is 10.6 Å². The minimum Gasteiger partial charge on any atom is -0.383 e. The maximum absolute atomic E-state index is 12.7. The standard InChI is InChI=1S/C27H33N3O/c1-4-20-10-12-21(13-11-20)19(3)30-27(31)25(17-28)18-29-26(5-2)24-15-14-22-8-6-7-9-23(22)16-24/h10-16,18-19,26,29H,4-9H2,1-3H3,(H,30,31)/b25-18-. The fourth-order valence-corrected chi connectivity index (χ4v) is 4.15. The number of fused-ring (bicyclic) bond motifs is 1. The zero-order valence-electron chi connectivity index (χ0n) is 18.9. The van der Waals surface area contributed by atoms with E-state index in [0.29, 0.717) is 0 Å². The van der Waals surface area contributed by atoms with Gasteiger partial charge in [0.25, 0.3) is 5.91 Å². The second kappa shape index (κ2) is 10.8. The van der Waals surface area contributed by atoms with Crippen LogP contribution in [0.15, 0.2) is 54.2 Å². The number of hydrogen-bond donors (Lipinski definition) is 2. The number of aryl methyl sites for hydroxylation is 3. The SMILES string of the molecule is CCc1ccc(C(C)NC(=O)/C(C#N)=C\NC(CC)c2ccc3c(c2)CCCC3)cc1. The lowest BCUT2D eigenvalue weighted by molar-refractivity contribution is -0.117. The van der Waals surface area contributed by atoms with Gasteiger partial charge in [-0.1, -0.05) is 56.3 Å². The molecule has 0 aliphatic heterocycles. The van der Waals surface area contributed by atoms with Crippen molar-refractivity contribution in [1.82, 2.24) is 10.6 Å². The molecule has 1 aliphatic carbocycles. The van der Waals surface area contributed by atoms with Gasteiger partial charge in [-0.15, -0.1) is 0 Å². The Bertz CT molecular complexity index is 969. The average molecular weight is 416 g/mol. The van der Waals surface area contributed by atoms with E-state index in [2.05, 4.69) is 54.8 Å². The van der Waals surface area contributed by atoms with E-state index in [0.717, 1.165) is 31.2 Å². The molecule has 0 saturated heterocycles. The first-order valence-corrected chi connectivity index (χ1v) is 11.4. The maximum atomic E-state index is 12.7. The van der Waals surface area contributed by atoms with Gasteiger partial charge in [-0.2, -0.15) is 5.26 Å². The van der Waals surface area contributed by atoms with Crippen molar-refractivity contribution in [2.24, 2.45) is 0 Å². The zero-order chi connectivity index (χ0) is 22.2. The van der Waals surface area contributed by atoms with Crippen molar-refractivity contribution in [3.05, 3.63) is 82.1 Å². The van der Waals surface area contributed by atoms with E-state index in [1.54, 1.807) is 6.20 Å². The quantitative estimate of drug-likeness (QED) is 0.445. The topological polar surface area (TPSA) is 64.9 Å². The van der Waals surface area contributed by atoms with Crippen molar-refractivity contribution in [1.29, 1.82) is 5.26 Å². The molecule has 0 fully saturated rings. The van der Waals surface area contributed by atoms with E-state index in [4.69, 9.17) is 0 Å². The molecule has 0 radical (unpaired) electrons. The molecular formula is C27H33N3O. The van der Waals surface area contributed by atoms with Gasteiger partial charge in [0.1, 0.15) is 11.6 Å². The van der Waals surface area contributed by atoms with E-state index in [-0.39, 0.29) is 23.6 Å². The Hall–Kier alpha value is -3.06. The molecule has 2 unspecified atom stereocenters. The molecule has 3 rings (SSSR count). The first-order chi connectivity index (χ1) is 15.0. The fourth-order valence-electron chi connectivity index (χ4n) is 4.15. The minimum absolute atomic E-state index is 0.0717. The summed E-state index contributed by atoms with van der Waals surface area (Å²) < 4.78 is 0. The second-order valence-corrected chi connectivity index (χ2v) is 8.32. The van der Waals surface area contributed by atoms with Crippen molar-refractivity contribution in [3.63, 3.8) is 0 Å². The maximum Gasteiger partial charge on any atom is 0.263 e. The van der Waals surface area contributed by atoms with Crippen molar-refractivity contribution in [2.45, 2.75) is 71.4 Å². The van der Waals surface area contributed by atoms with Gasteiger partial charge in [-0.05, 0) is 73.3 Å². The molecule has 0 bridgehead atoms. The van der Waals surface area contributed by atoms with Crippen LogP contribution in [-0.4, -0.2) is 5.91 Å². The Morgan fingerprint density at radius 2 is 1.74 bits per heavy atom. The van der Waals surface area contributed by atoms with Crippen LogP contribution in [0.25, 0.3) is 0 Å². The van der Waals surface area contributed by atoms with Gasteiger partial charge in [0.05, 0.1) is 12.1 Å². The minimum atomic E-state index is -0.359. The van der Waals surface area contributed by atoms with Gasteiger partial charge in [-0.3, -0.25) is 4.79 Å². The van der Waals surface area contributed by atoms with Crippen LogP contribution in [0.1, 0.15) is 79.9 Å². The monoisotopic (exact) mass is 415 g/mol. The number of benzene rings is 2. The van der Waals surface area contributed by atoms with Gasteiger partial charge in [0.15, 0.2) is 0 Å². The first-order valence-electron chi connectivity index (χ1n) is 11.4.